The number of halogens is 2. The molecule has 150 valence electrons. The van der Waals surface area contributed by atoms with Crippen LogP contribution in [0.2, 0.25) is 5.02 Å². The summed E-state index contributed by atoms with van der Waals surface area (Å²) in [6.45, 7) is 4.71. The van der Waals surface area contributed by atoms with Crippen LogP contribution in [-0.4, -0.2) is 20.0 Å². The quantitative estimate of drug-likeness (QED) is 0.355. The van der Waals surface area contributed by atoms with E-state index in [1.807, 2.05) is 48.9 Å². The van der Waals surface area contributed by atoms with Crippen molar-refractivity contribution >= 4 is 27.5 Å². The Morgan fingerprint density at radius 2 is 1.93 bits per heavy atom. The van der Waals surface area contributed by atoms with Crippen LogP contribution < -0.4 is 4.74 Å². The molecule has 29 heavy (non-hydrogen) atoms. The molecule has 0 aliphatic carbocycles. The summed E-state index contributed by atoms with van der Waals surface area (Å²) in [6, 6.07) is 11.3. The van der Waals surface area contributed by atoms with E-state index in [1.54, 1.807) is 6.07 Å². The van der Waals surface area contributed by atoms with Gasteiger partial charge in [-0.15, -0.1) is 10.2 Å². The Balaban J connectivity index is 1.38. The highest BCUT2D eigenvalue weighted by Crippen LogP contribution is 2.26. The minimum absolute atomic E-state index is 0.294. The predicted octanol–water partition coefficient (Wildman–Crippen LogP) is 5.38. The minimum atomic E-state index is 0.294. The zero-order valence-electron chi connectivity index (χ0n) is 15.9. The summed E-state index contributed by atoms with van der Waals surface area (Å²) in [5, 5.41) is 13.3. The van der Waals surface area contributed by atoms with Crippen LogP contribution in [0.4, 0.5) is 0 Å². The molecule has 7 nitrogen and oxygen atoms in total. The average Bonchev–Trinajstić information content (AvgIpc) is 3.43. The molecule has 3 aromatic heterocycles. The molecule has 0 aliphatic rings. The Morgan fingerprint density at radius 3 is 2.69 bits per heavy atom. The van der Waals surface area contributed by atoms with Crippen molar-refractivity contribution < 1.29 is 13.6 Å². The normalized spacial score (nSPS) is 11.2. The fourth-order valence-electron chi connectivity index (χ4n) is 2.83. The molecule has 0 atom stereocenters. The van der Waals surface area contributed by atoms with Crippen LogP contribution >= 0.6 is 27.5 Å². The molecule has 9 heteroatoms. The Labute approximate surface area is 180 Å². The van der Waals surface area contributed by atoms with Gasteiger partial charge in [-0.05, 0) is 54.0 Å². The molecular formula is C20H18BrClN4O3. The van der Waals surface area contributed by atoms with E-state index >= 15 is 0 Å². The van der Waals surface area contributed by atoms with Gasteiger partial charge in [0.15, 0.2) is 5.76 Å². The smallest absolute Gasteiger partial charge is 0.283 e. The third kappa shape index (κ3) is 4.38. The van der Waals surface area contributed by atoms with Crippen molar-refractivity contribution in [3.05, 3.63) is 68.9 Å². The lowest BCUT2D eigenvalue weighted by molar-refractivity contribution is 0.269. The van der Waals surface area contributed by atoms with E-state index in [0.717, 1.165) is 21.6 Å². The van der Waals surface area contributed by atoms with E-state index in [2.05, 4.69) is 31.2 Å². The van der Waals surface area contributed by atoms with Crippen LogP contribution in [0.3, 0.4) is 0 Å². The van der Waals surface area contributed by atoms with Gasteiger partial charge in [0.25, 0.3) is 5.89 Å². The molecule has 0 bridgehead atoms. The van der Waals surface area contributed by atoms with Crippen LogP contribution in [-0.2, 0) is 19.6 Å². The summed E-state index contributed by atoms with van der Waals surface area (Å²) < 4.78 is 20.0. The van der Waals surface area contributed by atoms with Crippen molar-refractivity contribution in [1.29, 1.82) is 0 Å². The second-order valence-electron chi connectivity index (χ2n) is 6.44. The van der Waals surface area contributed by atoms with Crippen LogP contribution in [0, 0.1) is 13.8 Å². The highest BCUT2D eigenvalue weighted by Gasteiger charge is 2.15. The molecule has 0 N–H and O–H groups in total. The monoisotopic (exact) mass is 476 g/mol. The standard InChI is InChI=1S/C20H18BrClN4O3/c1-12-19(22)13(2)26(25-12)10-9-18-23-24-20(29-18)17-8-7-14(28-17)11-27-16-6-4-3-5-15(16)21/h3-8H,9-11H2,1-2H3. The molecular weight excluding hydrogens is 460 g/mol. The molecule has 0 amide bonds. The summed E-state index contributed by atoms with van der Waals surface area (Å²) in [5.41, 5.74) is 1.73. The van der Waals surface area contributed by atoms with Gasteiger partial charge in [-0.3, -0.25) is 4.68 Å². The number of hydrogen-bond acceptors (Lipinski definition) is 6. The summed E-state index contributed by atoms with van der Waals surface area (Å²) in [7, 11) is 0. The van der Waals surface area contributed by atoms with Crippen LogP contribution in [0.5, 0.6) is 5.75 Å². The van der Waals surface area contributed by atoms with E-state index in [0.29, 0.717) is 47.9 Å². The second-order valence-corrected chi connectivity index (χ2v) is 7.68. The number of aryl methyl sites for hydroxylation is 3. The highest BCUT2D eigenvalue weighted by molar-refractivity contribution is 9.10. The lowest BCUT2D eigenvalue weighted by atomic mass is 10.3. The summed E-state index contributed by atoms with van der Waals surface area (Å²) >= 11 is 9.63. The van der Waals surface area contributed by atoms with E-state index in [4.69, 9.17) is 25.2 Å². The molecule has 4 aromatic rings. The number of para-hydroxylation sites is 1. The van der Waals surface area contributed by atoms with Crippen molar-refractivity contribution in [3.8, 4) is 17.4 Å². The van der Waals surface area contributed by atoms with Crippen LogP contribution in [0.1, 0.15) is 23.0 Å². The number of benzene rings is 1. The van der Waals surface area contributed by atoms with Gasteiger partial charge in [0.1, 0.15) is 18.1 Å². The maximum atomic E-state index is 6.18. The fourth-order valence-corrected chi connectivity index (χ4v) is 3.36. The van der Waals surface area contributed by atoms with Gasteiger partial charge in [0, 0.05) is 13.0 Å². The molecule has 0 unspecified atom stereocenters. The van der Waals surface area contributed by atoms with E-state index in [1.165, 1.54) is 0 Å². The maximum absolute atomic E-state index is 6.18. The largest absolute Gasteiger partial charge is 0.484 e. The van der Waals surface area contributed by atoms with Gasteiger partial charge < -0.3 is 13.6 Å². The molecule has 0 spiro atoms. The van der Waals surface area contributed by atoms with Crippen molar-refractivity contribution in [2.24, 2.45) is 0 Å². The predicted molar refractivity (Wildman–Crippen MR) is 111 cm³/mol. The molecule has 4 rings (SSSR count). The van der Waals surface area contributed by atoms with E-state index in [9.17, 15) is 0 Å². The first kappa shape index (κ1) is 19.7. The minimum Gasteiger partial charge on any atom is -0.484 e. The molecule has 0 radical (unpaired) electrons. The fraction of sp³-hybridized carbons (Fsp3) is 0.250. The number of ether oxygens (including phenoxy) is 1. The first-order chi connectivity index (χ1) is 14.0. The lowest BCUT2D eigenvalue weighted by Gasteiger charge is -2.05. The van der Waals surface area contributed by atoms with Crippen LogP contribution in [0.15, 0.2) is 49.7 Å². The van der Waals surface area contributed by atoms with E-state index < -0.39 is 0 Å². The second kappa shape index (κ2) is 8.42. The lowest BCUT2D eigenvalue weighted by Crippen LogP contribution is -2.05. The molecule has 0 saturated carbocycles. The van der Waals surface area contributed by atoms with Crippen molar-refractivity contribution in [2.45, 2.75) is 33.4 Å². The summed E-state index contributed by atoms with van der Waals surface area (Å²) in [5.74, 6) is 2.75. The number of nitrogens with zero attached hydrogens (tertiary/aromatic N) is 4. The van der Waals surface area contributed by atoms with E-state index in [-0.39, 0.29) is 0 Å². The first-order valence-electron chi connectivity index (χ1n) is 8.99. The molecule has 3 heterocycles. The van der Waals surface area contributed by atoms with Gasteiger partial charge in [0.05, 0.1) is 20.9 Å². The van der Waals surface area contributed by atoms with Gasteiger partial charge in [-0.1, -0.05) is 23.7 Å². The third-order valence-electron chi connectivity index (χ3n) is 4.38. The summed E-state index contributed by atoms with van der Waals surface area (Å²) in [6.07, 6.45) is 0.546. The van der Waals surface area contributed by atoms with Gasteiger partial charge in [-0.2, -0.15) is 5.10 Å². The molecule has 0 fully saturated rings. The maximum Gasteiger partial charge on any atom is 0.283 e. The topological polar surface area (TPSA) is 79.1 Å². The number of rotatable bonds is 7. The highest BCUT2D eigenvalue weighted by atomic mass is 79.9. The number of hydrogen-bond donors (Lipinski definition) is 0. The zero-order valence-corrected chi connectivity index (χ0v) is 18.2. The van der Waals surface area contributed by atoms with Crippen LogP contribution in [0.25, 0.3) is 11.7 Å². The van der Waals surface area contributed by atoms with Crippen molar-refractivity contribution in [1.82, 2.24) is 20.0 Å². The molecule has 0 aliphatic heterocycles. The first-order valence-corrected chi connectivity index (χ1v) is 10.2. The zero-order chi connectivity index (χ0) is 20.4. The van der Waals surface area contributed by atoms with Gasteiger partial charge in [-0.25, -0.2) is 0 Å². The van der Waals surface area contributed by atoms with Gasteiger partial charge in [0.2, 0.25) is 5.89 Å². The SMILES string of the molecule is Cc1nn(CCc2nnc(-c3ccc(COc4ccccc4Br)o3)o2)c(C)c1Cl. The molecule has 1 aromatic carbocycles. The Morgan fingerprint density at radius 1 is 1.10 bits per heavy atom. The Kier molecular flexibility index (Phi) is 5.73. The van der Waals surface area contributed by atoms with Crippen molar-refractivity contribution in [2.75, 3.05) is 0 Å². The number of furan rings is 1. The average molecular weight is 478 g/mol. The Hall–Kier alpha value is -2.58. The summed E-state index contributed by atoms with van der Waals surface area (Å²) in [4.78, 5) is 0. The number of aromatic nitrogens is 4. The molecule has 0 saturated heterocycles. The Bertz CT molecular complexity index is 1130. The van der Waals surface area contributed by atoms with Gasteiger partial charge >= 0.3 is 0 Å². The third-order valence-corrected chi connectivity index (χ3v) is 5.58. The van der Waals surface area contributed by atoms with Crippen molar-refractivity contribution in [3.63, 3.8) is 0 Å².